The summed E-state index contributed by atoms with van der Waals surface area (Å²) in [6.45, 7) is 1.19. The zero-order chi connectivity index (χ0) is 10.5. The molecule has 0 aromatic heterocycles. The van der Waals surface area contributed by atoms with Crippen molar-refractivity contribution in [3.8, 4) is 0 Å². The van der Waals surface area contributed by atoms with Gasteiger partial charge in [-0.25, -0.2) is 0 Å². The normalized spacial score (nSPS) is 17.7. The first-order valence-electron chi connectivity index (χ1n) is 5.79. The highest BCUT2D eigenvalue weighted by atomic mass is 16.3. The lowest BCUT2D eigenvalue weighted by Gasteiger charge is -2.16. The van der Waals surface area contributed by atoms with Crippen molar-refractivity contribution >= 4 is 0 Å². The van der Waals surface area contributed by atoms with Gasteiger partial charge in [-0.1, -0.05) is 43.2 Å². The van der Waals surface area contributed by atoms with Gasteiger partial charge < -0.3 is 10.4 Å². The summed E-state index contributed by atoms with van der Waals surface area (Å²) >= 11 is 0. The van der Waals surface area contributed by atoms with Crippen LogP contribution in [0.5, 0.6) is 0 Å². The Balaban J connectivity index is 1.80. The predicted octanol–water partition coefficient (Wildman–Crippen LogP) is 2.11. The quantitative estimate of drug-likeness (QED) is 0.745. The van der Waals surface area contributed by atoms with E-state index >= 15 is 0 Å². The Morgan fingerprint density at radius 2 is 2.00 bits per heavy atom. The van der Waals surface area contributed by atoms with Crippen molar-refractivity contribution in [3.05, 3.63) is 35.9 Å². The molecule has 1 aliphatic rings. The van der Waals surface area contributed by atoms with Crippen LogP contribution >= 0.6 is 0 Å². The molecule has 1 saturated carbocycles. The first-order chi connectivity index (χ1) is 7.40. The minimum Gasteiger partial charge on any atom is -0.394 e. The topological polar surface area (TPSA) is 32.3 Å². The second-order valence-electron chi connectivity index (χ2n) is 4.33. The smallest absolute Gasteiger partial charge is 0.0626 e. The van der Waals surface area contributed by atoms with Crippen molar-refractivity contribution < 1.29 is 5.11 Å². The summed E-state index contributed by atoms with van der Waals surface area (Å²) in [4.78, 5) is 0. The van der Waals surface area contributed by atoms with Gasteiger partial charge in [0.15, 0.2) is 0 Å². The van der Waals surface area contributed by atoms with Gasteiger partial charge in [0.05, 0.1) is 12.6 Å². The molecule has 1 atom stereocenters. The van der Waals surface area contributed by atoms with E-state index in [1.54, 1.807) is 0 Å². The Kier molecular flexibility index (Phi) is 3.75. The minimum atomic E-state index is 0.102. The molecule has 1 unspecified atom stereocenters. The molecule has 82 valence electrons. The Morgan fingerprint density at radius 3 is 2.60 bits per heavy atom. The molecular weight excluding hydrogens is 186 g/mol. The molecule has 0 spiro atoms. The lowest BCUT2D eigenvalue weighted by Crippen LogP contribution is -2.25. The average Bonchev–Trinajstić information content (AvgIpc) is 3.10. The van der Waals surface area contributed by atoms with Gasteiger partial charge in [-0.2, -0.15) is 0 Å². The molecule has 0 heterocycles. The fourth-order valence-corrected chi connectivity index (χ4v) is 1.84. The molecule has 2 heteroatoms. The molecule has 1 aromatic rings. The van der Waals surface area contributed by atoms with E-state index in [0.717, 1.165) is 12.5 Å². The lowest BCUT2D eigenvalue weighted by molar-refractivity contribution is 0.244. The molecule has 1 aromatic carbocycles. The van der Waals surface area contributed by atoms with E-state index < -0.39 is 0 Å². The molecule has 2 nitrogen and oxygen atoms in total. The molecule has 1 aliphatic carbocycles. The maximum Gasteiger partial charge on any atom is 0.0626 e. The highest BCUT2D eigenvalue weighted by molar-refractivity contribution is 5.18. The average molecular weight is 205 g/mol. The van der Waals surface area contributed by atoms with Crippen molar-refractivity contribution in [1.29, 1.82) is 0 Å². The third-order valence-corrected chi connectivity index (χ3v) is 3.02. The number of benzene rings is 1. The van der Waals surface area contributed by atoms with Gasteiger partial charge in [-0.3, -0.25) is 0 Å². The minimum absolute atomic E-state index is 0.102. The van der Waals surface area contributed by atoms with Crippen molar-refractivity contribution in [1.82, 2.24) is 5.32 Å². The summed E-state index contributed by atoms with van der Waals surface area (Å²) in [7, 11) is 0. The third kappa shape index (κ3) is 3.33. The van der Waals surface area contributed by atoms with Gasteiger partial charge >= 0.3 is 0 Å². The molecule has 0 saturated heterocycles. The summed E-state index contributed by atoms with van der Waals surface area (Å²) in [6.07, 6.45) is 4.05. The first-order valence-corrected chi connectivity index (χ1v) is 5.79. The van der Waals surface area contributed by atoms with E-state index in [2.05, 4.69) is 17.4 Å². The van der Waals surface area contributed by atoms with Gasteiger partial charge in [0, 0.05) is 0 Å². The van der Waals surface area contributed by atoms with Gasteiger partial charge in [-0.15, -0.1) is 0 Å². The van der Waals surface area contributed by atoms with Crippen LogP contribution in [0.1, 0.15) is 30.9 Å². The van der Waals surface area contributed by atoms with Crippen LogP contribution in [0.2, 0.25) is 0 Å². The van der Waals surface area contributed by atoms with E-state index in [0.29, 0.717) is 0 Å². The summed E-state index contributed by atoms with van der Waals surface area (Å²) in [5.74, 6) is 0.951. The third-order valence-electron chi connectivity index (χ3n) is 3.02. The van der Waals surface area contributed by atoms with Crippen molar-refractivity contribution in [3.63, 3.8) is 0 Å². The van der Waals surface area contributed by atoms with E-state index in [1.165, 1.54) is 24.8 Å². The Labute approximate surface area is 91.3 Å². The monoisotopic (exact) mass is 205 g/mol. The SMILES string of the molecule is OCC(NCCC1CC1)c1ccccc1. The summed E-state index contributed by atoms with van der Waals surface area (Å²) in [5, 5.41) is 12.7. The maximum atomic E-state index is 9.30. The number of rotatable bonds is 6. The van der Waals surface area contributed by atoms with Gasteiger partial charge in [0.1, 0.15) is 0 Å². The van der Waals surface area contributed by atoms with Crippen LogP contribution in [0.25, 0.3) is 0 Å². The zero-order valence-corrected chi connectivity index (χ0v) is 9.02. The molecule has 1 fully saturated rings. The zero-order valence-electron chi connectivity index (χ0n) is 9.02. The van der Waals surface area contributed by atoms with Crippen LogP contribution in [0.3, 0.4) is 0 Å². The number of hydrogen-bond donors (Lipinski definition) is 2. The number of nitrogens with one attached hydrogen (secondary N) is 1. The predicted molar refractivity (Wildman–Crippen MR) is 61.6 cm³/mol. The largest absolute Gasteiger partial charge is 0.394 e. The van der Waals surface area contributed by atoms with Crippen LogP contribution in [0, 0.1) is 5.92 Å². The molecular formula is C13H19NO. The number of aliphatic hydroxyl groups excluding tert-OH is 1. The van der Waals surface area contributed by atoms with Gasteiger partial charge in [0.25, 0.3) is 0 Å². The maximum absolute atomic E-state index is 9.30. The van der Waals surface area contributed by atoms with Crippen molar-refractivity contribution in [2.24, 2.45) is 5.92 Å². The fraction of sp³-hybridized carbons (Fsp3) is 0.538. The van der Waals surface area contributed by atoms with E-state index in [9.17, 15) is 5.11 Å². The highest BCUT2D eigenvalue weighted by Gasteiger charge is 2.20. The van der Waals surface area contributed by atoms with Crippen molar-refractivity contribution in [2.75, 3.05) is 13.2 Å². The Hall–Kier alpha value is -0.860. The van der Waals surface area contributed by atoms with Crippen LogP contribution in [-0.2, 0) is 0 Å². The second-order valence-corrected chi connectivity index (χ2v) is 4.33. The summed E-state index contributed by atoms with van der Waals surface area (Å²) in [5.41, 5.74) is 1.18. The van der Waals surface area contributed by atoms with Crippen LogP contribution in [0.4, 0.5) is 0 Å². The van der Waals surface area contributed by atoms with Gasteiger partial charge in [0.2, 0.25) is 0 Å². The standard InChI is InChI=1S/C13H19NO/c15-10-13(12-4-2-1-3-5-12)14-9-8-11-6-7-11/h1-5,11,13-15H,6-10H2. The number of hydrogen-bond acceptors (Lipinski definition) is 2. The fourth-order valence-electron chi connectivity index (χ4n) is 1.84. The highest BCUT2D eigenvalue weighted by Crippen LogP contribution is 2.31. The molecule has 0 bridgehead atoms. The second kappa shape index (κ2) is 5.29. The summed E-state index contributed by atoms with van der Waals surface area (Å²) < 4.78 is 0. The first kappa shape index (κ1) is 10.7. The molecule has 0 aliphatic heterocycles. The molecule has 15 heavy (non-hydrogen) atoms. The Bertz CT molecular complexity index is 282. The summed E-state index contributed by atoms with van der Waals surface area (Å²) in [6, 6.07) is 10.3. The van der Waals surface area contributed by atoms with Crippen LogP contribution in [0.15, 0.2) is 30.3 Å². The van der Waals surface area contributed by atoms with Crippen LogP contribution < -0.4 is 5.32 Å². The lowest BCUT2D eigenvalue weighted by atomic mass is 10.1. The molecule has 0 amide bonds. The van der Waals surface area contributed by atoms with Crippen LogP contribution in [-0.4, -0.2) is 18.3 Å². The van der Waals surface area contributed by atoms with E-state index in [1.807, 2.05) is 18.2 Å². The molecule has 2 N–H and O–H groups in total. The number of aliphatic hydroxyl groups is 1. The van der Waals surface area contributed by atoms with E-state index in [4.69, 9.17) is 0 Å². The van der Waals surface area contributed by atoms with Gasteiger partial charge in [-0.05, 0) is 24.4 Å². The Morgan fingerprint density at radius 1 is 1.27 bits per heavy atom. The molecule has 0 radical (unpaired) electrons. The van der Waals surface area contributed by atoms with E-state index in [-0.39, 0.29) is 12.6 Å². The molecule has 2 rings (SSSR count). The van der Waals surface area contributed by atoms with Crippen molar-refractivity contribution in [2.45, 2.75) is 25.3 Å².